The van der Waals surface area contributed by atoms with Gasteiger partial charge in [-0.25, -0.2) is 0 Å². The highest BCUT2D eigenvalue weighted by Crippen LogP contribution is 2.26. The highest BCUT2D eigenvalue weighted by atomic mass is 32.2. The summed E-state index contributed by atoms with van der Waals surface area (Å²) in [5, 5.41) is -0.215. The van der Waals surface area contributed by atoms with E-state index in [1.807, 2.05) is 91.0 Å². The van der Waals surface area contributed by atoms with Crippen molar-refractivity contribution in [3.05, 3.63) is 108 Å². The third kappa shape index (κ3) is 6.34. The number of hydrogen-bond acceptors (Lipinski definition) is 4. The monoisotopic (exact) mass is 436 g/mol. The van der Waals surface area contributed by atoms with Crippen molar-refractivity contribution in [2.45, 2.75) is 37.3 Å². The molecule has 0 aliphatic carbocycles. The molecule has 3 aromatic carbocycles. The summed E-state index contributed by atoms with van der Waals surface area (Å²) in [6.45, 7) is 1.82. The summed E-state index contributed by atoms with van der Waals surface area (Å²) in [5.41, 5.74) is 3.29. The van der Waals surface area contributed by atoms with Crippen molar-refractivity contribution in [2.75, 3.05) is 12.4 Å². The number of ether oxygens (including phenoxy) is 3. The Morgan fingerprint density at radius 3 is 1.71 bits per heavy atom. The van der Waals surface area contributed by atoms with Crippen molar-refractivity contribution < 1.29 is 18.4 Å². The zero-order valence-electron chi connectivity index (χ0n) is 17.5. The van der Waals surface area contributed by atoms with Crippen molar-refractivity contribution in [3.8, 4) is 0 Å². The largest absolute Gasteiger partial charge is 0.375 e. The summed E-state index contributed by atoms with van der Waals surface area (Å²) in [6.07, 6.45) is -0.504. The summed E-state index contributed by atoms with van der Waals surface area (Å²) >= 11 is 0. The van der Waals surface area contributed by atoms with Gasteiger partial charge >= 0.3 is 0 Å². The van der Waals surface area contributed by atoms with Gasteiger partial charge in [-0.15, -0.1) is 0 Å². The van der Waals surface area contributed by atoms with Crippen LogP contribution in [0.4, 0.5) is 0 Å². The van der Waals surface area contributed by atoms with Gasteiger partial charge in [0.25, 0.3) is 0 Å². The molecular weight excluding hydrogens is 408 g/mol. The Balaban J connectivity index is 1.40. The van der Waals surface area contributed by atoms with Crippen LogP contribution in [0.5, 0.6) is 0 Å². The Morgan fingerprint density at radius 1 is 0.677 bits per heavy atom. The third-order valence-corrected chi connectivity index (χ3v) is 7.12. The zero-order valence-corrected chi connectivity index (χ0v) is 18.3. The van der Waals surface area contributed by atoms with E-state index in [1.54, 1.807) is 0 Å². The molecule has 1 saturated heterocycles. The minimum Gasteiger partial charge on any atom is -0.375 e. The first-order valence-electron chi connectivity index (χ1n) is 10.6. The molecule has 0 N–H and O–H groups in total. The number of benzene rings is 3. The molecule has 4 atom stereocenters. The highest BCUT2D eigenvalue weighted by Gasteiger charge is 2.43. The van der Waals surface area contributed by atoms with Crippen molar-refractivity contribution in [2.24, 2.45) is 0 Å². The van der Waals surface area contributed by atoms with Gasteiger partial charge in [0.1, 0.15) is 6.10 Å². The summed E-state index contributed by atoms with van der Waals surface area (Å²) in [4.78, 5) is 0. The topological polar surface area (TPSA) is 44.8 Å². The van der Waals surface area contributed by atoms with Crippen molar-refractivity contribution in [3.63, 3.8) is 0 Å². The molecule has 0 saturated carbocycles. The molecule has 0 spiro atoms. The fourth-order valence-electron chi connectivity index (χ4n) is 3.71. The second kappa shape index (κ2) is 11.3. The average Bonchev–Trinajstić information content (AvgIpc) is 3.12. The van der Waals surface area contributed by atoms with Gasteiger partial charge in [0.2, 0.25) is 0 Å². The minimum absolute atomic E-state index is 0.215. The molecule has 1 aliphatic rings. The van der Waals surface area contributed by atoms with Crippen LogP contribution in [0.3, 0.4) is 0 Å². The molecule has 1 heterocycles. The van der Waals surface area contributed by atoms with Crippen molar-refractivity contribution in [1.82, 2.24) is 0 Å². The van der Waals surface area contributed by atoms with Crippen LogP contribution in [0.2, 0.25) is 0 Å². The van der Waals surface area contributed by atoms with Gasteiger partial charge in [0.05, 0.1) is 43.5 Å². The summed E-state index contributed by atoms with van der Waals surface area (Å²) < 4.78 is 31.3. The highest BCUT2D eigenvalue weighted by molar-refractivity contribution is 7.86. The molecule has 0 radical (unpaired) electrons. The molecule has 0 unspecified atom stereocenters. The van der Waals surface area contributed by atoms with E-state index in [0.717, 1.165) is 16.7 Å². The van der Waals surface area contributed by atoms with Gasteiger partial charge in [0.15, 0.2) is 0 Å². The maximum absolute atomic E-state index is 12.9. The SMILES string of the molecule is O=[S@]1C[C@@H](OCc2ccccc2)[C@H](OCc2ccccc2)[C@H]1COCc1ccccc1. The Labute approximate surface area is 186 Å². The lowest BCUT2D eigenvalue weighted by Gasteiger charge is -2.24. The van der Waals surface area contributed by atoms with Crippen LogP contribution < -0.4 is 0 Å². The predicted octanol–water partition coefficient (Wildman–Crippen LogP) is 4.50. The summed E-state index contributed by atoms with van der Waals surface area (Å²) in [6, 6.07) is 30.1. The third-order valence-electron chi connectivity index (χ3n) is 5.38. The zero-order chi connectivity index (χ0) is 21.3. The van der Waals surface area contributed by atoms with E-state index in [1.165, 1.54) is 0 Å². The summed E-state index contributed by atoms with van der Waals surface area (Å²) in [5.74, 6) is 0.464. The van der Waals surface area contributed by atoms with Gasteiger partial charge in [-0.05, 0) is 16.7 Å². The van der Waals surface area contributed by atoms with E-state index in [0.29, 0.717) is 32.2 Å². The molecule has 0 amide bonds. The van der Waals surface area contributed by atoms with Gasteiger partial charge in [-0.1, -0.05) is 91.0 Å². The first-order chi connectivity index (χ1) is 15.3. The van der Waals surface area contributed by atoms with Gasteiger partial charge in [-0.2, -0.15) is 0 Å². The first kappa shape index (κ1) is 21.9. The first-order valence-corrected chi connectivity index (χ1v) is 12.0. The normalized spacial score (nSPS) is 23.1. The van der Waals surface area contributed by atoms with Gasteiger partial charge in [0, 0.05) is 10.8 Å². The molecule has 5 heteroatoms. The van der Waals surface area contributed by atoms with Gasteiger partial charge in [-0.3, -0.25) is 4.21 Å². The Hall–Kier alpha value is -2.31. The standard InChI is InChI=1S/C26H28O4S/c27-31-20-24(29-17-22-12-6-2-7-13-22)26(30-18-23-14-8-3-9-15-23)25(31)19-28-16-21-10-4-1-5-11-21/h1-15,24-26H,16-20H2/t24-,25-,26+,31+/m1/s1. The van der Waals surface area contributed by atoms with E-state index in [4.69, 9.17) is 14.2 Å². The lowest BCUT2D eigenvalue weighted by Crippen LogP contribution is -2.37. The van der Waals surface area contributed by atoms with E-state index in [2.05, 4.69) is 0 Å². The van der Waals surface area contributed by atoms with Crippen molar-refractivity contribution >= 4 is 10.8 Å². The van der Waals surface area contributed by atoms with Crippen molar-refractivity contribution in [1.29, 1.82) is 0 Å². The van der Waals surface area contributed by atoms with Crippen LogP contribution in [0, 0.1) is 0 Å². The van der Waals surface area contributed by atoms with Crippen LogP contribution in [0.25, 0.3) is 0 Å². The molecular formula is C26H28O4S. The fraction of sp³-hybridized carbons (Fsp3) is 0.308. The quantitative estimate of drug-likeness (QED) is 0.469. The van der Waals surface area contributed by atoms with Crippen LogP contribution >= 0.6 is 0 Å². The molecule has 162 valence electrons. The van der Waals surface area contributed by atoms with E-state index in [-0.39, 0.29) is 17.5 Å². The van der Waals surface area contributed by atoms with Crippen LogP contribution in [0.15, 0.2) is 91.0 Å². The lowest BCUT2D eigenvalue weighted by molar-refractivity contribution is -0.0769. The second-order valence-electron chi connectivity index (χ2n) is 7.68. The Bertz CT molecular complexity index is 933. The number of hydrogen-bond donors (Lipinski definition) is 0. The lowest BCUT2D eigenvalue weighted by atomic mass is 10.1. The van der Waals surface area contributed by atoms with E-state index < -0.39 is 10.8 Å². The number of rotatable bonds is 10. The average molecular weight is 437 g/mol. The molecule has 0 bridgehead atoms. The minimum atomic E-state index is -1.07. The smallest absolute Gasteiger partial charge is 0.102 e. The van der Waals surface area contributed by atoms with Crippen LogP contribution in [0.1, 0.15) is 16.7 Å². The maximum atomic E-state index is 12.9. The Morgan fingerprint density at radius 2 is 1.16 bits per heavy atom. The van der Waals surface area contributed by atoms with Crippen LogP contribution in [-0.2, 0) is 44.8 Å². The predicted molar refractivity (Wildman–Crippen MR) is 123 cm³/mol. The van der Waals surface area contributed by atoms with E-state index >= 15 is 0 Å². The second-order valence-corrected chi connectivity index (χ2v) is 9.38. The molecule has 3 aromatic rings. The molecule has 0 aromatic heterocycles. The molecule has 1 fully saturated rings. The summed E-state index contributed by atoms with van der Waals surface area (Å²) in [7, 11) is -1.07. The molecule has 1 aliphatic heterocycles. The Kier molecular flexibility index (Phi) is 8.02. The molecule has 31 heavy (non-hydrogen) atoms. The molecule has 4 rings (SSSR count). The maximum Gasteiger partial charge on any atom is 0.102 e. The van der Waals surface area contributed by atoms with Crippen LogP contribution in [-0.4, -0.2) is 34.0 Å². The van der Waals surface area contributed by atoms with Gasteiger partial charge < -0.3 is 14.2 Å². The van der Waals surface area contributed by atoms with E-state index in [9.17, 15) is 4.21 Å². The fourth-order valence-corrected chi connectivity index (χ4v) is 5.37. The molecule has 4 nitrogen and oxygen atoms in total.